The molecule has 0 atom stereocenters. The van der Waals surface area contributed by atoms with Gasteiger partial charge in [-0.3, -0.25) is 14.2 Å². The molecule has 4 aromatic rings. The lowest BCUT2D eigenvalue weighted by Gasteiger charge is -2.23. The summed E-state index contributed by atoms with van der Waals surface area (Å²) in [6, 6.07) is 24.5. The largest absolute Gasteiger partial charge is 0.497 e. The number of allylic oxidation sites excluding steroid dienone is 2. The molecule has 1 aromatic heterocycles. The van der Waals surface area contributed by atoms with E-state index in [-0.39, 0.29) is 23.9 Å². The number of methoxy groups -OCH3 is 2. The van der Waals surface area contributed by atoms with Gasteiger partial charge in [0.2, 0.25) is 5.91 Å². The Bertz CT molecular complexity index is 1750. The van der Waals surface area contributed by atoms with E-state index in [2.05, 4.69) is 0 Å². The molecule has 0 N–H and O–H groups in total. The van der Waals surface area contributed by atoms with Crippen LogP contribution in [-0.2, 0) is 17.9 Å². The van der Waals surface area contributed by atoms with Gasteiger partial charge in [0.25, 0.3) is 5.56 Å². The zero-order chi connectivity index (χ0) is 29.5. The standard InChI is InChI=1S/C32H29ClIN3O5/c1-40-26-11-9-24(29(17-26)41-2)20-36(31(39)18-33)25-14-15-34-32(35-19-25)37-28-16-27(12-8-23(28)10-13-30(37)38)42-21-22-6-4-3-5-7-22/h3-14,16-17,19H,15,18,20-21H2,1-2H3. The van der Waals surface area contributed by atoms with Crippen LogP contribution < -0.4 is 19.8 Å². The number of amides is 1. The van der Waals surface area contributed by atoms with Crippen LogP contribution in [0, 0.1) is 0 Å². The molecular formula is C32H29ClIN3O5. The van der Waals surface area contributed by atoms with Crippen LogP contribution in [0.15, 0.2) is 100 Å². The van der Waals surface area contributed by atoms with Gasteiger partial charge >= 0.3 is 0 Å². The first-order chi connectivity index (χ1) is 20.5. The van der Waals surface area contributed by atoms with Crippen LogP contribution in [0.5, 0.6) is 17.2 Å². The molecule has 3 aromatic carbocycles. The molecule has 2 heterocycles. The maximum Gasteiger partial charge on any atom is 0.257 e. The van der Waals surface area contributed by atoms with Crippen molar-refractivity contribution in [3.05, 3.63) is 112 Å². The van der Waals surface area contributed by atoms with Crippen molar-refractivity contribution in [1.82, 2.24) is 9.47 Å². The second kappa shape index (κ2) is 13.8. The van der Waals surface area contributed by atoms with Crippen molar-refractivity contribution in [2.24, 2.45) is 4.99 Å². The van der Waals surface area contributed by atoms with Crippen LogP contribution in [-0.4, -0.2) is 49.9 Å². The topological polar surface area (TPSA) is 82.4 Å². The van der Waals surface area contributed by atoms with Crippen LogP contribution in [0.2, 0.25) is 0 Å². The fraction of sp³-hybridized carbons (Fsp3) is 0.188. The quantitative estimate of drug-likeness (QED) is 0.156. The summed E-state index contributed by atoms with van der Waals surface area (Å²) in [6.45, 7) is 0.655. The van der Waals surface area contributed by atoms with Crippen molar-refractivity contribution >= 4 is 59.1 Å². The van der Waals surface area contributed by atoms with Crippen molar-refractivity contribution in [3.8, 4) is 17.2 Å². The zero-order valence-electron chi connectivity index (χ0n) is 23.1. The summed E-state index contributed by atoms with van der Waals surface area (Å²) in [5.41, 5.74) is 3.02. The Morgan fingerprint density at radius 2 is 1.79 bits per heavy atom. The first-order valence-corrected chi connectivity index (χ1v) is 16.2. The SMILES string of the molecule is COc1ccc(CN(C(=O)CCl)C2=CCI=C(n3c(=O)ccc4ccc(OCc5ccccc5)cc43)N=C2)c(OC)c1. The highest BCUT2D eigenvalue weighted by Crippen LogP contribution is 2.28. The van der Waals surface area contributed by atoms with Gasteiger partial charge in [-0.2, -0.15) is 0 Å². The Hall–Kier alpha value is -3.96. The van der Waals surface area contributed by atoms with Gasteiger partial charge in [-0.05, 0) is 47.4 Å². The summed E-state index contributed by atoms with van der Waals surface area (Å²) in [7, 11) is 3.16. The van der Waals surface area contributed by atoms with Gasteiger partial charge in [-0.15, -0.1) is 11.6 Å². The minimum atomic E-state index is -0.706. The highest BCUT2D eigenvalue weighted by Gasteiger charge is 2.20. The number of rotatable bonds is 10. The molecule has 0 spiro atoms. The van der Waals surface area contributed by atoms with Crippen LogP contribution in [0.25, 0.3) is 10.9 Å². The van der Waals surface area contributed by atoms with E-state index in [1.165, 1.54) is 0 Å². The van der Waals surface area contributed by atoms with Crippen molar-refractivity contribution < 1.29 is 19.0 Å². The Balaban J connectivity index is 1.44. The van der Waals surface area contributed by atoms with Crippen LogP contribution in [0.3, 0.4) is 0 Å². The number of fused-ring (bicyclic) bond motifs is 1. The Kier molecular flexibility index (Phi) is 9.70. The highest BCUT2D eigenvalue weighted by molar-refractivity contribution is 14.2. The molecule has 1 aliphatic heterocycles. The summed E-state index contributed by atoms with van der Waals surface area (Å²) in [4.78, 5) is 32.5. The number of ether oxygens (including phenoxy) is 3. The number of carbonyl (C=O) groups is 1. The fourth-order valence-electron chi connectivity index (χ4n) is 4.47. The van der Waals surface area contributed by atoms with E-state index in [1.54, 1.807) is 48.1 Å². The van der Waals surface area contributed by atoms with E-state index in [9.17, 15) is 9.59 Å². The third-order valence-electron chi connectivity index (χ3n) is 6.64. The summed E-state index contributed by atoms with van der Waals surface area (Å²) in [5.74, 6) is 1.45. The number of pyridine rings is 1. The number of hydrogen-bond acceptors (Lipinski definition) is 6. The van der Waals surface area contributed by atoms with Crippen LogP contribution in [0.4, 0.5) is 0 Å². The maximum absolute atomic E-state index is 13.2. The van der Waals surface area contributed by atoms with E-state index in [0.717, 1.165) is 22.0 Å². The van der Waals surface area contributed by atoms with Gasteiger partial charge in [-0.25, -0.2) is 4.99 Å². The molecule has 0 saturated heterocycles. The molecule has 8 nitrogen and oxygen atoms in total. The molecule has 10 heteroatoms. The number of alkyl halides is 2. The molecule has 1 aliphatic rings. The van der Waals surface area contributed by atoms with Crippen molar-refractivity contribution in [3.63, 3.8) is 0 Å². The van der Waals surface area contributed by atoms with Gasteiger partial charge in [-0.1, -0.05) is 51.1 Å². The first-order valence-electron chi connectivity index (χ1n) is 13.1. The van der Waals surface area contributed by atoms with Crippen LogP contribution in [0.1, 0.15) is 11.1 Å². The van der Waals surface area contributed by atoms with Crippen molar-refractivity contribution in [2.75, 3.05) is 24.5 Å². The second-order valence-electron chi connectivity index (χ2n) is 9.24. The lowest BCUT2D eigenvalue weighted by atomic mass is 10.1. The molecule has 0 bridgehead atoms. The van der Waals surface area contributed by atoms with E-state index in [0.29, 0.717) is 37.7 Å². The number of aliphatic imine (C=N–C) groups is 1. The summed E-state index contributed by atoms with van der Waals surface area (Å²) < 4.78 is 19.9. The molecule has 42 heavy (non-hydrogen) atoms. The Morgan fingerprint density at radius 1 is 1.00 bits per heavy atom. The third kappa shape index (κ3) is 6.74. The molecule has 0 unspecified atom stereocenters. The number of nitrogens with zero attached hydrogens (tertiary/aromatic N) is 3. The normalized spacial score (nSPS) is 12.9. The van der Waals surface area contributed by atoms with Crippen molar-refractivity contribution in [2.45, 2.75) is 13.2 Å². The molecule has 5 rings (SSSR count). The molecule has 216 valence electrons. The molecule has 1 amide bonds. The second-order valence-corrected chi connectivity index (χ2v) is 12.1. The third-order valence-corrected chi connectivity index (χ3v) is 9.19. The van der Waals surface area contributed by atoms with E-state index in [1.807, 2.05) is 66.7 Å². The lowest BCUT2D eigenvalue weighted by molar-refractivity contribution is -0.126. The average Bonchev–Trinajstić information content (AvgIpc) is 3.28. The first kappa shape index (κ1) is 29.5. The molecule has 0 saturated carbocycles. The Morgan fingerprint density at radius 3 is 2.55 bits per heavy atom. The monoisotopic (exact) mass is 697 g/mol. The molecular weight excluding hydrogens is 669 g/mol. The zero-order valence-corrected chi connectivity index (χ0v) is 26.0. The number of carbonyl (C=O) groups excluding carboxylic acids is 1. The smallest absolute Gasteiger partial charge is 0.257 e. The number of hydrogen-bond donors (Lipinski definition) is 0. The number of benzene rings is 3. The predicted octanol–water partition coefficient (Wildman–Crippen LogP) is 5.74. The van der Waals surface area contributed by atoms with Gasteiger partial charge in [0.05, 0.1) is 38.2 Å². The van der Waals surface area contributed by atoms with Gasteiger partial charge < -0.3 is 19.1 Å². The lowest BCUT2D eigenvalue weighted by Crippen LogP contribution is -2.32. The van der Waals surface area contributed by atoms with Gasteiger partial charge in [0, 0.05) is 28.2 Å². The van der Waals surface area contributed by atoms with Crippen molar-refractivity contribution in [1.29, 1.82) is 0 Å². The number of aromatic nitrogens is 1. The Labute approximate surface area is 258 Å². The number of halogens is 2. The minimum absolute atomic E-state index is 0.172. The molecule has 0 radical (unpaired) electrons. The minimum Gasteiger partial charge on any atom is -0.497 e. The molecule has 0 aliphatic carbocycles. The fourth-order valence-corrected chi connectivity index (χ4v) is 6.86. The summed E-state index contributed by atoms with van der Waals surface area (Å²) >= 11 is 5.31. The maximum atomic E-state index is 13.2. The van der Waals surface area contributed by atoms with E-state index >= 15 is 0 Å². The summed E-state index contributed by atoms with van der Waals surface area (Å²) in [6.07, 6.45) is 3.62. The molecule has 0 fully saturated rings. The van der Waals surface area contributed by atoms with E-state index < -0.39 is 20.7 Å². The summed E-state index contributed by atoms with van der Waals surface area (Å²) in [5, 5.41) is 0.899. The van der Waals surface area contributed by atoms with E-state index in [4.69, 9.17) is 30.8 Å². The van der Waals surface area contributed by atoms with Gasteiger partial charge in [0.1, 0.15) is 29.7 Å². The van der Waals surface area contributed by atoms with Crippen LogP contribution >= 0.6 is 32.3 Å². The highest BCUT2D eigenvalue weighted by atomic mass is 127. The van der Waals surface area contributed by atoms with Gasteiger partial charge in [0.15, 0.2) is 3.76 Å². The predicted molar refractivity (Wildman–Crippen MR) is 176 cm³/mol. The average molecular weight is 698 g/mol.